The summed E-state index contributed by atoms with van der Waals surface area (Å²) < 4.78 is 0. The molecule has 0 radical (unpaired) electrons. The van der Waals surface area contributed by atoms with Crippen molar-refractivity contribution in [3.05, 3.63) is 288 Å². The monoisotopic (exact) mass is 828 g/mol. The van der Waals surface area contributed by atoms with Gasteiger partial charge in [0.1, 0.15) is 0 Å². The Kier molecular flexibility index (Phi) is 13.8. The highest BCUT2D eigenvalue weighted by Crippen LogP contribution is 2.40. The molecule has 2 atom stereocenters. The first-order valence-corrected chi connectivity index (χ1v) is 22.9. The van der Waals surface area contributed by atoms with Crippen LogP contribution in [0.2, 0.25) is 0 Å². The average Bonchev–Trinajstić information content (AvgIpc) is 3.37. The van der Waals surface area contributed by atoms with Gasteiger partial charge in [-0.15, -0.1) is 0 Å². The fraction of sp³-hybridized carbons (Fsp3) is 0.129. The maximum atomic E-state index is 2.41. The van der Waals surface area contributed by atoms with Gasteiger partial charge in [0.05, 0.1) is 0 Å². The number of hydrogen-bond donors (Lipinski definition) is 0. The maximum absolute atomic E-state index is 2.41. The van der Waals surface area contributed by atoms with Crippen LogP contribution in [0.4, 0.5) is 34.1 Å². The predicted molar refractivity (Wildman–Crippen MR) is 271 cm³/mol. The lowest BCUT2D eigenvalue weighted by atomic mass is 9.87. The summed E-state index contributed by atoms with van der Waals surface area (Å²) in [6.45, 7) is 0. The van der Waals surface area contributed by atoms with Gasteiger partial charge >= 0.3 is 0 Å². The molecule has 314 valence electrons. The molecule has 0 saturated carbocycles. The van der Waals surface area contributed by atoms with Crippen LogP contribution in [0.15, 0.2) is 255 Å². The molecule has 2 nitrogen and oxygen atoms in total. The lowest BCUT2D eigenvalue weighted by Crippen LogP contribution is -2.12. The molecule has 2 heteroatoms. The second-order valence-electron chi connectivity index (χ2n) is 16.9. The van der Waals surface area contributed by atoms with Gasteiger partial charge in [-0.2, -0.15) is 0 Å². The predicted octanol–water partition coefficient (Wildman–Crippen LogP) is 16.5. The highest BCUT2D eigenvalue weighted by molar-refractivity contribution is 5.81. The van der Waals surface area contributed by atoms with E-state index in [9.17, 15) is 0 Å². The van der Waals surface area contributed by atoms with Gasteiger partial charge in [0.15, 0.2) is 0 Å². The van der Waals surface area contributed by atoms with Crippen LogP contribution < -0.4 is 9.80 Å². The Balaban J connectivity index is 1.04. The molecular weight excluding hydrogens is 773 g/mol. The second-order valence-corrected chi connectivity index (χ2v) is 16.9. The van der Waals surface area contributed by atoms with Crippen molar-refractivity contribution in [2.45, 2.75) is 50.4 Å². The Morgan fingerprint density at radius 2 is 0.500 bits per heavy atom. The van der Waals surface area contributed by atoms with E-state index in [0.717, 1.165) is 72.6 Å². The van der Waals surface area contributed by atoms with Crippen molar-refractivity contribution in [3.8, 4) is 0 Å². The SMILES string of the molecule is c1ccc(CCC(Cc2ccc(N(c3ccc(C(CCc4ccccc4)Cc4ccccc4)cc3)c3ccc(N(c4ccccc4)c4ccccc4)cc3)cc2)c2ccccc2)cc1. The zero-order valence-corrected chi connectivity index (χ0v) is 36.5. The van der Waals surface area contributed by atoms with Crippen LogP contribution in [0.25, 0.3) is 0 Å². The summed E-state index contributed by atoms with van der Waals surface area (Å²) in [5, 5.41) is 0. The van der Waals surface area contributed by atoms with Crippen molar-refractivity contribution >= 4 is 34.1 Å². The summed E-state index contributed by atoms with van der Waals surface area (Å²) in [6, 6.07) is 92.8. The third-order valence-corrected chi connectivity index (χ3v) is 12.5. The van der Waals surface area contributed by atoms with Gasteiger partial charge in [-0.25, -0.2) is 0 Å². The molecule has 0 aliphatic heterocycles. The van der Waals surface area contributed by atoms with Crippen molar-refractivity contribution in [2.75, 3.05) is 9.80 Å². The molecule has 9 rings (SSSR count). The highest BCUT2D eigenvalue weighted by Gasteiger charge is 2.19. The summed E-state index contributed by atoms with van der Waals surface area (Å²) in [7, 11) is 0. The molecule has 0 heterocycles. The van der Waals surface area contributed by atoms with Crippen LogP contribution in [0.3, 0.4) is 0 Å². The normalized spacial score (nSPS) is 12.0. The molecule has 2 unspecified atom stereocenters. The number of para-hydroxylation sites is 2. The average molecular weight is 829 g/mol. The summed E-state index contributed by atoms with van der Waals surface area (Å²) in [4.78, 5) is 4.73. The first-order valence-electron chi connectivity index (χ1n) is 22.9. The van der Waals surface area contributed by atoms with Crippen molar-refractivity contribution in [1.29, 1.82) is 0 Å². The molecule has 0 spiro atoms. The lowest BCUT2D eigenvalue weighted by molar-refractivity contribution is 0.621. The molecule has 0 aliphatic carbocycles. The van der Waals surface area contributed by atoms with E-state index in [0.29, 0.717) is 11.8 Å². The molecule has 0 aliphatic rings. The van der Waals surface area contributed by atoms with Gasteiger partial charge < -0.3 is 9.80 Å². The van der Waals surface area contributed by atoms with Gasteiger partial charge in [-0.3, -0.25) is 0 Å². The van der Waals surface area contributed by atoms with Gasteiger partial charge in [-0.05, 0) is 157 Å². The van der Waals surface area contributed by atoms with Crippen molar-refractivity contribution in [2.24, 2.45) is 0 Å². The lowest BCUT2D eigenvalue weighted by Gasteiger charge is -2.29. The van der Waals surface area contributed by atoms with Crippen LogP contribution in [-0.2, 0) is 25.7 Å². The van der Waals surface area contributed by atoms with Crippen LogP contribution in [0, 0.1) is 0 Å². The Hall–Kier alpha value is -7.42. The summed E-state index contributed by atoms with van der Waals surface area (Å²) in [5.41, 5.74) is 15.0. The number of nitrogens with zero attached hydrogens (tertiary/aromatic N) is 2. The zero-order valence-electron chi connectivity index (χ0n) is 36.5. The van der Waals surface area contributed by atoms with E-state index in [1.165, 1.54) is 33.4 Å². The third-order valence-electron chi connectivity index (χ3n) is 12.5. The summed E-state index contributed by atoms with van der Waals surface area (Å²) in [5.74, 6) is 0.816. The molecule has 0 bridgehead atoms. The summed E-state index contributed by atoms with van der Waals surface area (Å²) >= 11 is 0. The second kappa shape index (κ2) is 21.1. The standard InChI is InChI=1S/C62H56N2/c1-7-19-49(20-8-1)31-35-55(53-25-13-4-14-26-53)48-52-33-39-59(40-34-52)64(62-45-43-61(44-46-62)63(57-27-15-5-16-28-57)58-29-17-6-18-30-58)60-41-37-54(38-42-60)56(47-51-23-11-3-12-24-51)36-32-50-21-9-2-10-22-50/h1-30,33-34,37-46,55-56H,31-32,35-36,47-48H2. The molecule has 9 aromatic rings. The number of anilines is 6. The molecule has 0 fully saturated rings. The largest absolute Gasteiger partial charge is 0.311 e. The summed E-state index contributed by atoms with van der Waals surface area (Å²) in [6.07, 6.45) is 6.28. The number of aryl methyl sites for hydroxylation is 2. The quantitative estimate of drug-likeness (QED) is 0.0850. The number of benzene rings is 9. The van der Waals surface area contributed by atoms with E-state index in [4.69, 9.17) is 0 Å². The molecule has 0 saturated heterocycles. The first kappa shape index (κ1) is 41.9. The fourth-order valence-electron chi connectivity index (χ4n) is 9.13. The highest BCUT2D eigenvalue weighted by atomic mass is 15.2. The minimum absolute atomic E-state index is 0.394. The van der Waals surface area contributed by atoms with Crippen LogP contribution in [-0.4, -0.2) is 0 Å². The van der Waals surface area contributed by atoms with E-state index < -0.39 is 0 Å². The zero-order chi connectivity index (χ0) is 43.2. The van der Waals surface area contributed by atoms with E-state index in [1.54, 1.807) is 0 Å². The smallest absolute Gasteiger partial charge is 0.0463 e. The van der Waals surface area contributed by atoms with Gasteiger partial charge in [0.2, 0.25) is 0 Å². The van der Waals surface area contributed by atoms with E-state index in [-0.39, 0.29) is 0 Å². The van der Waals surface area contributed by atoms with Crippen LogP contribution in [0.5, 0.6) is 0 Å². The Labute approximate surface area is 380 Å². The maximum Gasteiger partial charge on any atom is 0.0463 e. The third kappa shape index (κ3) is 10.8. The molecule has 64 heavy (non-hydrogen) atoms. The molecule has 0 N–H and O–H groups in total. The van der Waals surface area contributed by atoms with Crippen LogP contribution in [0.1, 0.15) is 58.1 Å². The minimum atomic E-state index is 0.394. The van der Waals surface area contributed by atoms with Crippen LogP contribution >= 0.6 is 0 Å². The number of hydrogen-bond acceptors (Lipinski definition) is 2. The molecule has 9 aromatic carbocycles. The van der Waals surface area contributed by atoms with E-state index >= 15 is 0 Å². The number of rotatable bonds is 18. The topological polar surface area (TPSA) is 6.48 Å². The van der Waals surface area contributed by atoms with Crippen molar-refractivity contribution < 1.29 is 0 Å². The Bertz CT molecular complexity index is 2680. The van der Waals surface area contributed by atoms with Crippen molar-refractivity contribution in [1.82, 2.24) is 0 Å². The molecule has 0 amide bonds. The molecule has 0 aromatic heterocycles. The fourth-order valence-corrected chi connectivity index (χ4v) is 9.13. The minimum Gasteiger partial charge on any atom is -0.311 e. The molecular formula is C62H56N2. The van der Waals surface area contributed by atoms with Gasteiger partial charge in [-0.1, -0.05) is 182 Å². The first-order chi connectivity index (χ1) is 31.7. The van der Waals surface area contributed by atoms with Gasteiger partial charge in [0.25, 0.3) is 0 Å². The van der Waals surface area contributed by atoms with Gasteiger partial charge in [0, 0.05) is 34.1 Å². The van der Waals surface area contributed by atoms with E-state index in [2.05, 4.69) is 265 Å². The Morgan fingerprint density at radius 3 is 0.891 bits per heavy atom. The Morgan fingerprint density at radius 1 is 0.234 bits per heavy atom. The van der Waals surface area contributed by atoms with Crippen molar-refractivity contribution in [3.63, 3.8) is 0 Å². The van der Waals surface area contributed by atoms with E-state index in [1.807, 2.05) is 0 Å².